The van der Waals surface area contributed by atoms with Crippen LogP contribution in [0.15, 0.2) is 88.1 Å². The summed E-state index contributed by atoms with van der Waals surface area (Å²) in [6.07, 6.45) is 0. The van der Waals surface area contributed by atoms with E-state index in [4.69, 9.17) is 9.15 Å². The molecule has 0 aliphatic carbocycles. The summed E-state index contributed by atoms with van der Waals surface area (Å²) in [6.45, 7) is 0.359. The van der Waals surface area contributed by atoms with Crippen LogP contribution in [-0.4, -0.2) is 0 Å². The molecule has 128 valence electrons. The second kappa shape index (κ2) is 8.44. The molecule has 3 aromatic carbocycles. The van der Waals surface area contributed by atoms with Crippen molar-refractivity contribution in [2.24, 2.45) is 0 Å². The second-order valence-corrected chi connectivity index (χ2v) is 5.90. The average molecular weight is 366 g/mol. The minimum absolute atomic E-state index is 0. The van der Waals surface area contributed by atoms with Crippen molar-refractivity contribution < 1.29 is 43.8 Å². The molecule has 1 aromatic heterocycles. The molecule has 4 rings (SSSR count). The van der Waals surface area contributed by atoms with Crippen LogP contribution in [-0.2, 0) is 6.61 Å². The van der Waals surface area contributed by atoms with Crippen LogP contribution in [0.3, 0.4) is 0 Å². The van der Waals surface area contributed by atoms with Crippen LogP contribution in [0.2, 0.25) is 0 Å². The topological polar surface area (TPSA) is 62.5 Å². The average Bonchev–Trinajstić information content (AvgIpc) is 2.67. The summed E-state index contributed by atoms with van der Waals surface area (Å²) >= 11 is 0. The van der Waals surface area contributed by atoms with Gasteiger partial charge >= 0.3 is 29.6 Å². The Morgan fingerprint density at radius 2 is 1.63 bits per heavy atom. The third-order valence-electron chi connectivity index (χ3n) is 4.17. The molecule has 0 spiro atoms. The molecule has 0 saturated carbocycles. The fourth-order valence-corrected chi connectivity index (χ4v) is 2.91. The molecular formula is C22H15NaO4. The Labute approximate surface area is 178 Å². The van der Waals surface area contributed by atoms with Gasteiger partial charge in [0.1, 0.15) is 12.4 Å². The van der Waals surface area contributed by atoms with E-state index in [0.717, 1.165) is 22.8 Å². The van der Waals surface area contributed by atoms with Gasteiger partial charge in [-0.2, -0.15) is 0 Å². The first-order valence-electron chi connectivity index (χ1n) is 8.22. The van der Waals surface area contributed by atoms with Crippen molar-refractivity contribution in [2.45, 2.75) is 6.61 Å². The number of benzene rings is 3. The van der Waals surface area contributed by atoms with E-state index >= 15 is 0 Å². The van der Waals surface area contributed by atoms with E-state index in [9.17, 15) is 9.90 Å². The minimum Gasteiger partial charge on any atom is -0.578 e. The van der Waals surface area contributed by atoms with Gasteiger partial charge in [0.05, 0.1) is 5.95 Å². The van der Waals surface area contributed by atoms with Gasteiger partial charge in [-0.25, -0.2) is 0 Å². The standard InChI is InChI=1S/C22H16O4.Na/c23-20-13-22(24)26-21-12-17(10-11-19(20)21)25-14-16-8-4-5-9-18(16)15-6-2-1-3-7-15;/h1-13,24H,14H2;/q;+1/p-1. The van der Waals surface area contributed by atoms with E-state index in [0.29, 0.717) is 17.7 Å². The maximum absolute atomic E-state index is 11.8. The summed E-state index contributed by atoms with van der Waals surface area (Å²) in [4.78, 5) is 11.8. The summed E-state index contributed by atoms with van der Waals surface area (Å²) < 4.78 is 11.0. The van der Waals surface area contributed by atoms with Gasteiger partial charge < -0.3 is 14.3 Å². The largest absolute Gasteiger partial charge is 1.00 e. The summed E-state index contributed by atoms with van der Waals surface area (Å²) in [5, 5.41) is 11.8. The molecule has 0 aliphatic heterocycles. The predicted octanol–water partition coefficient (Wildman–Crippen LogP) is 1.12. The fraction of sp³-hybridized carbons (Fsp3) is 0.0455. The van der Waals surface area contributed by atoms with Crippen molar-refractivity contribution in [3.8, 4) is 22.8 Å². The normalized spacial score (nSPS) is 10.4. The molecule has 0 saturated heterocycles. The van der Waals surface area contributed by atoms with Crippen LogP contribution < -0.4 is 44.8 Å². The van der Waals surface area contributed by atoms with E-state index < -0.39 is 5.95 Å². The summed E-state index contributed by atoms with van der Waals surface area (Å²) in [6, 6.07) is 23.9. The zero-order chi connectivity index (χ0) is 17.9. The van der Waals surface area contributed by atoms with Gasteiger partial charge in [-0.1, -0.05) is 54.6 Å². The number of ether oxygens (including phenoxy) is 1. The molecule has 4 aromatic rings. The van der Waals surface area contributed by atoms with Crippen molar-refractivity contribution in [3.05, 3.63) is 94.6 Å². The van der Waals surface area contributed by atoms with Crippen molar-refractivity contribution in [2.75, 3.05) is 0 Å². The van der Waals surface area contributed by atoms with Gasteiger partial charge in [-0.05, 0) is 34.9 Å². The van der Waals surface area contributed by atoms with Crippen molar-refractivity contribution in [1.29, 1.82) is 0 Å². The molecule has 0 unspecified atom stereocenters. The van der Waals surface area contributed by atoms with Gasteiger partial charge in [0.15, 0.2) is 5.43 Å². The third-order valence-corrected chi connectivity index (χ3v) is 4.17. The van der Waals surface area contributed by atoms with Gasteiger partial charge in [-0.15, -0.1) is 0 Å². The molecule has 0 fully saturated rings. The quantitative estimate of drug-likeness (QED) is 0.508. The number of rotatable bonds is 4. The number of hydrogen-bond acceptors (Lipinski definition) is 4. The Morgan fingerprint density at radius 1 is 0.889 bits per heavy atom. The molecule has 5 heteroatoms. The van der Waals surface area contributed by atoms with E-state index in [1.54, 1.807) is 18.2 Å². The summed E-state index contributed by atoms with van der Waals surface area (Å²) in [5.41, 5.74) is 3.14. The molecule has 0 atom stereocenters. The monoisotopic (exact) mass is 366 g/mol. The van der Waals surface area contributed by atoms with Gasteiger partial charge in [0, 0.05) is 17.0 Å². The molecule has 0 aliphatic rings. The second-order valence-electron chi connectivity index (χ2n) is 5.90. The number of hydrogen-bond donors (Lipinski definition) is 0. The smallest absolute Gasteiger partial charge is 0.578 e. The number of fused-ring (bicyclic) bond motifs is 1. The maximum Gasteiger partial charge on any atom is 1.00 e. The van der Waals surface area contributed by atoms with Crippen LogP contribution >= 0.6 is 0 Å². The van der Waals surface area contributed by atoms with Crippen LogP contribution in [0, 0.1) is 0 Å². The summed E-state index contributed by atoms with van der Waals surface area (Å²) in [7, 11) is 0. The first kappa shape index (κ1) is 19.2. The Morgan fingerprint density at radius 3 is 2.44 bits per heavy atom. The Kier molecular flexibility index (Phi) is 6.01. The zero-order valence-corrected chi connectivity index (χ0v) is 16.8. The van der Waals surface area contributed by atoms with Crippen LogP contribution in [0.5, 0.6) is 11.7 Å². The van der Waals surface area contributed by atoms with Crippen LogP contribution in [0.1, 0.15) is 5.56 Å². The predicted molar refractivity (Wildman–Crippen MR) is 98.1 cm³/mol. The molecular weight excluding hydrogens is 351 g/mol. The van der Waals surface area contributed by atoms with Gasteiger partial charge in [0.2, 0.25) is 0 Å². The molecule has 4 nitrogen and oxygen atoms in total. The van der Waals surface area contributed by atoms with Crippen LogP contribution in [0.4, 0.5) is 0 Å². The van der Waals surface area contributed by atoms with Crippen LogP contribution in [0.25, 0.3) is 22.1 Å². The van der Waals surface area contributed by atoms with E-state index in [-0.39, 0.29) is 40.6 Å². The minimum atomic E-state index is -0.658. The molecule has 1 heterocycles. The Bertz CT molecular complexity index is 1120. The maximum atomic E-state index is 11.8. The Hall–Kier alpha value is -2.53. The van der Waals surface area contributed by atoms with Gasteiger partial charge in [0.25, 0.3) is 0 Å². The van der Waals surface area contributed by atoms with Crippen molar-refractivity contribution in [3.63, 3.8) is 0 Å². The SMILES string of the molecule is O=c1cc([O-])oc2cc(OCc3ccccc3-c3ccccc3)ccc12.[Na+]. The molecule has 0 radical (unpaired) electrons. The molecule has 0 N–H and O–H groups in total. The van der Waals surface area contributed by atoms with Crippen molar-refractivity contribution in [1.82, 2.24) is 0 Å². The van der Waals surface area contributed by atoms with E-state index in [1.165, 1.54) is 0 Å². The summed E-state index contributed by atoms with van der Waals surface area (Å²) in [5.74, 6) is -0.122. The molecule has 0 bridgehead atoms. The first-order valence-corrected chi connectivity index (χ1v) is 8.22. The van der Waals surface area contributed by atoms with E-state index in [2.05, 4.69) is 18.2 Å². The Balaban J connectivity index is 0.00000210. The van der Waals surface area contributed by atoms with Crippen molar-refractivity contribution >= 4 is 11.0 Å². The fourth-order valence-electron chi connectivity index (χ4n) is 2.91. The molecule has 27 heavy (non-hydrogen) atoms. The van der Waals surface area contributed by atoms with Gasteiger partial charge in [-0.3, -0.25) is 4.79 Å². The zero-order valence-electron chi connectivity index (χ0n) is 14.8. The molecule has 0 amide bonds. The third kappa shape index (κ3) is 4.25. The van der Waals surface area contributed by atoms with E-state index in [1.807, 2.05) is 36.4 Å². The first-order chi connectivity index (χ1) is 12.7.